The van der Waals surface area contributed by atoms with Crippen LogP contribution in [0, 0.1) is 0 Å². The molecular weight excluding hydrogens is 234 g/mol. The molecule has 0 unspecified atom stereocenters. The standard InChI is InChI=1S/C8H11N3O4S/c1-3-4(7(13)15-2)16-6-5(12)9-8(14)11-10-6/h4H,3H2,1-2H3,(H2,9,11,12,14)/t4-/m1/s1. The number of aromatic amines is 2. The van der Waals surface area contributed by atoms with Crippen molar-refractivity contribution >= 4 is 17.7 Å². The molecular formula is C8H11N3O4S. The van der Waals surface area contributed by atoms with Crippen LogP contribution in [0.2, 0.25) is 0 Å². The lowest BCUT2D eigenvalue weighted by molar-refractivity contribution is -0.140. The number of rotatable bonds is 4. The molecule has 2 N–H and O–H groups in total. The average Bonchev–Trinajstić information content (AvgIpc) is 2.27. The molecule has 0 saturated carbocycles. The fourth-order valence-corrected chi connectivity index (χ4v) is 1.87. The third-order valence-electron chi connectivity index (χ3n) is 1.77. The number of nitrogens with zero attached hydrogens (tertiary/aromatic N) is 1. The minimum absolute atomic E-state index is 0.0388. The molecule has 88 valence electrons. The number of carbonyl (C=O) groups excluding carboxylic acids is 1. The van der Waals surface area contributed by atoms with E-state index in [4.69, 9.17) is 0 Å². The van der Waals surface area contributed by atoms with Gasteiger partial charge in [-0.15, -0.1) is 0 Å². The zero-order valence-electron chi connectivity index (χ0n) is 8.77. The van der Waals surface area contributed by atoms with E-state index in [-0.39, 0.29) is 5.03 Å². The smallest absolute Gasteiger partial charge is 0.342 e. The van der Waals surface area contributed by atoms with Crippen molar-refractivity contribution in [3.63, 3.8) is 0 Å². The van der Waals surface area contributed by atoms with Gasteiger partial charge in [0, 0.05) is 0 Å². The number of methoxy groups -OCH3 is 1. The molecule has 1 aromatic rings. The molecule has 8 heteroatoms. The molecule has 0 aliphatic heterocycles. The van der Waals surface area contributed by atoms with E-state index in [2.05, 4.69) is 14.9 Å². The van der Waals surface area contributed by atoms with Crippen molar-refractivity contribution in [1.29, 1.82) is 0 Å². The van der Waals surface area contributed by atoms with Crippen molar-refractivity contribution in [3.05, 3.63) is 20.8 Å². The van der Waals surface area contributed by atoms with Crippen LogP contribution in [0.5, 0.6) is 0 Å². The van der Waals surface area contributed by atoms with E-state index in [1.54, 1.807) is 6.92 Å². The van der Waals surface area contributed by atoms with Gasteiger partial charge in [0.05, 0.1) is 7.11 Å². The highest BCUT2D eigenvalue weighted by Crippen LogP contribution is 2.20. The van der Waals surface area contributed by atoms with Crippen molar-refractivity contribution in [1.82, 2.24) is 15.2 Å². The van der Waals surface area contributed by atoms with Gasteiger partial charge in [0.15, 0.2) is 5.03 Å². The van der Waals surface area contributed by atoms with Crippen molar-refractivity contribution < 1.29 is 9.53 Å². The Bertz CT molecular complexity index is 481. The van der Waals surface area contributed by atoms with E-state index in [0.29, 0.717) is 6.42 Å². The number of thioether (sulfide) groups is 1. The number of ether oxygens (including phenoxy) is 1. The number of H-pyrrole nitrogens is 2. The largest absolute Gasteiger partial charge is 0.468 e. The second kappa shape index (κ2) is 5.50. The predicted molar refractivity (Wildman–Crippen MR) is 57.4 cm³/mol. The van der Waals surface area contributed by atoms with E-state index in [0.717, 1.165) is 11.8 Å². The van der Waals surface area contributed by atoms with Crippen LogP contribution in [0.25, 0.3) is 0 Å². The minimum atomic E-state index is -0.680. The van der Waals surface area contributed by atoms with Crippen LogP contribution in [0.1, 0.15) is 13.3 Å². The lowest BCUT2D eigenvalue weighted by Crippen LogP contribution is -2.27. The molecule has 0 fully saturated rings. The number of carbonyl (C=O) groups is 1. The summed E-state index contributed by atoms with van der Waals surface area (Å²) in [5.41, 5.74) is -1.29. The maximum atomic E-state index is 11.3. The Labute approximate surface area is 94.6 Å². The Balaban J connectivity index is 2.90. The molecule has 1 heterocycles. The first kappa shape index (κ1) is 12.5. The Morgan fingerprint density at radius 2 is 2.25 bits per heavy atom. The van der Waals surface area contributed by atoms with Crippen molar-refractivity contribution in [2.45, 2.75) is 23.6 Å². The summed E-state index contributed by atoms with van der Waals surface area (Å²) in [4.78, 5) is 35.3. The average molecular weight is 245 g/mol. The Morgan fingerprint density at radius 3 is 2.75 bits per heavy atom. The first-order chi connectivity index (χ1) is 7.58. The Morgan fingerprint density at radius 1 is 1.56 bits per heavy atom. The maximum absolute atomic E-state index is 11.3. The van der Waals surface area contributed by atoms with Gasteiger partial charge in [-0.3, -0.25) is 14.6 Å². The third-order valence-corrected chi connectivity index (χ3v) is 3.08. The van der Waals surface area contributed by atoms with Gasteiger partial charge in [0.25, 0.3) is 5.56 Å². The predicted octanol–water partition coefficient (Wildman–Crippen LogP) is -0.498. The monoisotopic (exact) mass is 245 g/mol. The zero-order valence-corrected chi connectivity index (χ0v) is 9.59. The molecule has 0 aliphatic rings. The van der Waals surface area contributed by atoms with Crippen molar-refractivity contribution in [2.24, 2.45) is 0 Å². The molecule has 0 spiro atoms. The molecule has 7 nitrogen and oxygen atoms in total. The van der Waals surface area contributed by atoms with Crippen LogP contribution in [0.4, 0.5) is 0 Å². The molecule has 0 aliphatic carbocycles. The molecule has 0 saturated heterocycles. The van der Waals surface area contributed by atoms with Gasteiger partial charge >= 0.3 is 11.7 Å². The lowest BCUT2D eigenvalue weighted by atomic mass is 10.3. The summed E-state index contributed by atoms with van der Waals surface area (Å²) in [6.45, 7) is 1.79. The van der Waals surface area contributed by atoms with Crippen LogP contribution in [0.3, 0.4) is 0 Å². The van der Waals surface area contributed by atoms with E-state index in [9.17, 15) is 14.4 Å². The number of esters is 1. The minimum Gasteiger partial charge on any atom is -0.468 e. The SMILES string of the molecule is CC[C@@H](Sc1n[nH]c(=O)[nH]c1=O)C(=O)OC. The summed E-state index contributed by atoms with van der Waals surface area (Å²) in [5, 5.41) is 5.18. The Kier molecular flexibility index (Phi) is 4.29. The topological polar surface area (TPSA) is 105 Å². The summed E-state index contributed by atoms with van der Waals surface area (Å²) < 4.78 is 4.57. The zero-order chi connectivity index (χ0) is 12.1. The summed E-state index contributed by atoms with van der Waals surface area (Å²) >= 11 is 0.957. The van der Waals surface area contributed by atoms with Gasteiger partial charge in [-0.05, 0) is 6.42 Å². The van der Waals surface area contributed by atoms with Crippen molar-refractivity contribution in [2.75, 3.05) is 7.11 Å². The first-order valence-corrected chi connectivity index (χ1v) is 5.40. The highest BCUT2D eigenvalue weighted by Gasteiger charge is 2.20. The summed E-state index contributed by atoms with van der Waals surface area (Å²) in [6.07, 6.45) is 0.498. The van der Waals surface area contributed by atoms with Gasteiger partial charge in [0.2, 0.25) is 0 Å². The molecule has 16 heavy (non-hydrogen) atoms. The lowest BCUT2D eigenvalue weighted by Gasteiger charge is -2.09. The molecule has 0 amide bonds. The van der Waals surface area contributed by atoms with Crippen LogP contribution >= 0.6 is 11.8 Å². The number of nitrogens with one attached hydrogen (secondary N) is 2. The highest BCUT2D eigenvalue weighted by molar-refractivity contribution is 8.00. The van der Waals surface area contributed by atoms with E-state index < -0.39 is 22.5 Å². The van der Waals surface area contributed by atoms with Gasteiger partial charge < -0.3 is 4.74 Å². The summed E-state index contributed by atoms with van der Waals surface area (Å²) in [7, 11) is 1.27. The van der Waals surface area contributed by atoms with Gasteiger partial charge in [-0.25, -0.2) is 9.89 Å². The normalized spacial score (nSPS) is 12.1. The number of aromatic nitrogens is 3. The van der Waals surface area contributed by atoms with E-state index in [1.807, 2.05) is 4.98 Å². The number of hydrogen-bond donors (Lipinski definition) is 2. The summed E-state index contributed by atoms with van der Waals surface area (Å²) in [6, 6.07) is 0. The third kappa shape index (κ3) is 2.96. The fraction of sp³-hybridized carbons (Fsp3) is 0.500. The van der Waals surface area contributed by atoms with E-state index in [1.165, 1.54) is 7.11 Å². The second-order valence-electron chi connectivity index (χ2n) is 2.85. The first-order valence-electron chi connectivity index (χ1n) is 4.52. The molecule has 1 aromatic heterocycles. The molecule has 0 radical (unpaired) electrons. The molecule has 0 bridgehead atoms. The molecule has 0 aromatic carbocycles. The van der Waals surface area contributed by atoms with Gasteiger partial charge in [0.1, 0.15) is 5.25 Å². The fourth-order valence-electron chi connectivity index (χ4n) is 0.981. The van der Waals surface area contributed by atoms with Crippen LogP contribution in [0.15, 0.2) is 14.6 Å². The van der Waals surface area contributed by atoms with Crippen LogP contribution in [-0.2, 0) is 9.53 Å². The molecule has 1 rings (SSSR count). The van der Waals surface area contributed by atoms with Gasteiger partial charge in [-0.2, -0.15) is 5.10 Å². The van der Waals surface area contributed by atoms with Crippen LogP contribution < -0.4 is 11.2 Å². The quantitative estimate of drug-likeness (QED) is 0.547. The van der Waals surface area contributed by atoms with Gasteiger partial charge in [-0.1, -0.05) is 18.7 Å². The highest BCUT2D eigenvalue weighted by atomic mass is 32.2. The maximum Gasteiger partial charge on any atom is 0.342 e. The van der Waals surface area contributed by atoms with Crippen LogP contribution in [-0.4, -0.2) is 33.5 Å². The van der Waals surface area contributed by atoms with E-state index >= 15 is 0 Å². The summed E-state index contributed by atoms with van der Waals surface area (Å²) in [5.74, 6) is -0.431. The molecule has 1 atom stereocenters. The Hall–Kier alpha value is -1.57. The second-order valence-corrected chi connectivity index (χ2v) is 4.04. The van der Waals surface area contributed by atoms with Crippen molar-refractivity contribution in [3.8, 4) is 0 Å². The number of hydrogen-bond acceptors (Lipinski definition) is 6.